The molecule has 2 aromatic rings. The minimum absolute atomic E-state index is 0.0227. The van der Waals surface area contributed by atoms with Crippen molar-refractivity contribution in [2.24, 2.45) is 0 Å². The summed E-state index contributed by atoms with van der Waals surface area (Å²) in [5.74, 6) is 0.810. The third kappa shape index (κ3) is 2.68. The van der Waals surface area contributed by atoms with Crippen LogP contribution < -0.4 is 10.5 Å². The summed E-state index contributed by atoms with van der Waals surface area (Å²) in [6.07, 6.45) is 0.685. The molecular formula is C12H15N5O3. The summed E-state index contributed by atoms with van der Waals surface area (Å²) in [6.45, 7) is 2.30. The average molecular weight is 277 g/mol. The highest BCUT2D eigenvalue weighted by Gasteiger charge is 2.13. The van der Waals surface area contributed by atoms with Crippen LogP contribution in [-0.4, -0.2) is 27.0 Å². The number of benzene rings is 1. The van der Waals surface area contributed by atoms with Gasteiger partial charge in [-0.3, -0.25) is 10.1 Å². The maximum absolute atomic E-state index is 10.9. The number of methoxy groups -OCH3 is 1. The first kappa shape index (κ1) is 13.8. The zero-order valence-corrected chi connectivity index (χ0v) is 11.2. The molecule has 1 aromatic heterocycles. The molecule has 0 aliphatic rings. The first-order chi connectivity index (χ1) is 9.55. The fourth-order valence-electron chi connectivity index (χ4n) is 1.97. The van der Waals surface area contributed by atoms with Gasteiger partial charge >= 0.3 is 0 Å². The van der Waals surface area contributed by atoms with E-state index in [1.165, 1.54) is 19.2 Å². The number of nitrogens with zero attached hydrogens (tertiary/aromatic N) is 4. The molecular weight excluding hydrogens is 262 g/mol. The number of nitro benzene ring substituents is 1. The van der Waals surface area contributed by atoms with Crippen LogP contribution in [0.3, 0.4) is 0 Å². The van der Waals surface area contributed by atoms with Crippen molar-refractivity contribution >= 4 is 11.5 Å². The predicted molar refractivity (Wildman–Crippen MR) is 72.6 cm³/mol. The molecule has 0 bridgehead atoms. The molecule has 0 amide bonds. The third-order valence-corrected chi connectivity index (χ3v) is 2.93. The van der Waals surface area contributed by atoms with Crippen molar-refractivity contribution in [3.63, 3.8) is 0 Å². The lowest BCUT2D eigenvalue weighted by molar-refractivity contribution is -0.385. The molecule has 1 aromatic carbocycles. The van der Waals surface area contributed by atoms with E-state index < -0.39 is 4.92 Å². The van der Waals surface area contributed by atoms with E-state index in [4.69, 9.17) is 10.5 Å². The average Bonchev–Trinajstić information content (AvgIpc) is 2.78. The second-order valence-electron chi connectivity index (χ2n) is 4.23. The van der Waals surface area contributed by atoms with Crippen LogP contribution in [-0.2, 0) is 13.0 Å². The monoisotopic (exact) mass is 277 g/mol. The Kier molecular flexibility index (Phi) is 3.83. The van der Waals surface area contributed by atoms with Gasteiger partial charge in [-0.2, -0.15) is 0 Å². The van der Waals surface area contributed by atoms with Crippen LogP contribution in [0, 0.1) is 10.1 Å². The van der Waals surface area contributed by atoms with Crippen LogP contribution in [0.5, 0.6) is 5.75 Å². The number of nitrogen functional groups attached to an aromatic ring is 1. The number of nitrogens with two attached hydrogens (primary N) is 1. The predicted octanol–water partition coefficient (Wildman–Crippen LogP) is 1.39. The Balaban J connectivity index is 2.37. The van der Waals surface area contributed by atoms with Crippen molar-refractivity contribution in [2.45, 2.75) is 19.9 Å². The van der Waals surface area contributed by atoms with Crippen molar-refractivity contribution in [2.75, 3.05) is 12.8 Å². The molecule has 2 rings (SSSR count). The number of ether oxygens (including phenoxy) is 1. The van der Waals surface area contributed by atoms with Gasteiger partial charge in [0.15, 0.2) is 5.82 Å². The van der Waals surface area contributed by atoms with Gasteiger partial charge in [0, 0.05) is 6.07 Å². The Morgan fingerprint density at radius 1 is 1.45 bits per heavy atom. The fraction of sp³-hybridized carbons (Fsp3) is 0.333. The lowest BCUT2D eigenvalue weighted by Crippen LogP contribution is -2.07. The number of anilines is 1. The molecule has 8 nitrogen and oxygen atoms in total. The van der Waals surface area contributed by atoms with Gasteiger partial charge < -0.3 is 10.5 Å². The SMILES string of the molecule is CCc1c(N)nnn1Cc1cc(OC)cc([N+](=O)[O-])c1. The largest absolute Gasteiger partial charge is 0.496 e. The Hall–Kier alpha value is -2.64. The quantitative estimate of drug-likeness (QED) is 0.653. The van der Waals surface area contributed by atoms with E-state index in [9.17, 15) is 10.1 Å². The van der Waals surface area contributed by atoms with Crippen molar-refractivity contribution in [3.05, 3.63) is 39.6 Å². The van der Waals surface area contributed by atoms with Crippen molar-refractivity contribution in [1.29, 1.82) is 0 Å². The lowest BCUT2D eigenvalue weighted by atomic mass is 10.2. The Labute approximate surface area is 115 Å². The molecule has 0 saturated heterocycles. The number of rotatable bonds is 5. The number of hydrogen-bond acceptors (Lipinski definition) is 6. The Bertz CT molecular complexity index is 638. The third-order valence-electron chi connectivity index (χ3n) is 2.93. The molecule has 8 heteroatoms. The molecule has 0 spiro atoms. The van der Waals surface area contributed by atoms with E-state index in [-0.39, 0.29) is 5.69 Å². The van der Waals surface area contributed by atoms with E-state index >= 15 is 0 Å². The first-order valence-electron chi connectivity index (χ1n) is 6.05. The van der Waals surface area contributed by atoms with Crippen LogP contribution in [0.1, 0.15) is 18.2 Å². The van der Waals surface area contributed by atoms with Crippen molar-refractivity contribution in [1.82, 2.24) is 15.0 Å². The van der Waals surface area contributed by atoms with Gasteiger partial charge in [-0.1, -0.05) is 12.1 Å². The van der Waals surface area contributed by atoms with E-state index in [1.807, 2.05) is 6.92 Å². The van der Waals surface area contributed by atoms with E-state index in [0.29, 0.717) is 30.1 Å². The van der Waals surface area contributed by atoms with Gasteiger partial charge in [0.1, 0.15) is 5.75 Å². The van der Waals surface area contributed by atoms with Crippen LogP contribution in [0.2, 0.25) is 0 Å². The molecule has 1 heterocycles. The second-order valence-corrected chi connectivity index (χ2v) is 4.23. The number of nitro groups is 1. The molecule has 0 saturated carbocycles. The summed E-state index contributed by atoms with van der Waals surface area (Å²) < 4.78 is 6.70. The van der Waals surface area contributed by atoms with Crippen LogP contribution in [0.4, 0.5) is 11.5 Å². The molecule has 0 aliphatic carbocycles. The van der Waals surface area contributed by atoms with Crippen LogP contribution in [0.15, 0.2) is 18.2 Å². The summed E-state index contributed by atoms with van der Waals surface area (Å²) >= 11 is 0. The number of non-ortho nitro benzene ring substituents is 1. The van der Waals surface area contributed by atoms with Crippen LogP contribution >= 0.6 is 0 Å². The van der Waals surface area contributed by atoms with Gasteiger partial charge in [-0.05, 0) is 18.1 Å². The van der Waals surface area contributed by atoms with Crippen molar-refractivity contribution < 1.29 is 9.66 Å². The van der Waals surface area contributed by atoms with E-state index in [0.717, 1.165) is 5.69 Å². The van der Waals surface area contributed by atoms with Gasteiger partial charge in [0.2, 0.25) is 0 Å². The molecule has 0 radical (unpaired) electrons. The summed E-state index contributed by atoms with van der Waals surface area (Å²) in [4.78, 5) is 10.4. The molecule has 0 atom stereocenters. The highest BCUT2D eigenvalue weighted by Crippen LogP contribution is 2.23. The topological polar surface area (TPSA) is 109 Å². The van der Waals surface area contributed by atoms with Gasteiger partial charge in [-0.25, -0.2) is 4.68 Å². The van der Waals surface area contributed by atoms with Crippen LogP contribution in [0.25, 0.3) is 0 Å². The molecule has 106 valence electrons. The maximum Gasteiger partial charge on any atom is 0.273 e. The summed E-state index contributed by atoms with van der Waals surface area (Å²) in [6, 6.07) is 4.59. The zero-order valence-electron chi connectivity index (χ0n) is 11.2. The van der Waals surface area contributed by atoms with Gasteiger partial charge in [-0.15, -0.1) is 5.10 Å². The first-order valence-corrected chi connectivity index (χ1v) is 6.05. The number of hydrogen-bond donors (Lipinski definition) is 1. The molecule has 2 N–H and O–H groups in total. The number of aromatic nitrogens is 3. The summed E-state index contributed by atoms with van der Waals surface area (Å²) in [5.41, 5.74) is 7.20. The molecule has 0 aliphatic heterocycles. The fourth-order valence-corrected chi connectivity index (χ4v) is 1.97. The summed E-state index contributed by atoms with van der Waals surface area (Å²) in [5, 5.41) is 18.6. The molecule has 0 unspecified atom stereocenters. The molecule has 0 fully saturated rings. The minimum atomic E-state index is -0.456. The van der Waals surface area contributed by atoms with E-state index in [1.54, 1.807) is 10.7 Å². The Morgan fingerprint density at radius 3 is 2.80 bits per heavy atom. The zero-order chi connectivity index (χ0) is 14.7. The lowest BCUT2D eigenvalue weighted by Gasteiger charge is -2.07. The standard InChI is InChI=1S/C12H15N5O3/c1-3-11-12(13)14-15-16(11)7-8-4-9(17(18)19)6-10(5-8)20-2/h4-6H,3,7,13H2,1-2H3. The van der Waals surface area contributed by atoms with Gasteiger partial charge in [0.25, 0.3) is 5.69 Å². The molecule has 20 heavy (non-hydrogen) atoms. The normalized spacial score (nSPS) is 10.5. The Morgan fingerprint density at radius 2 is 2.20 bits per heavy atom. The smallest absolute Gasteiger partial charge is 0.273 e. The van der Waals surface area contributed by atoms with E-state index in [2.05, 4.69) is 10.3 Å². The highest BCUT2D eigenvalue weighted by atomic mass is 16.6. The maximum atomic E-state index is 10.9. The highest BCUT2D eigenvalue weighted by molar-refractivity contribution is 5.43. The summed E-state index contributed by atoms with van der Waals surface area (Å²) in [7, 11) is 1.47. The van der Waals surface area contributed by atoms with Crippen molar-refractivity contribution in [3.8, 4) is 5.75 Å². The van der Waals surface area contributed by atoms with Gasteiger partial charge in [0.05, 0.1) is 30.3 Å². The minimum Gasteiger partial charge on any atom is -0.496 e. The second kappa shape index (κ2) is 5.55.